The Morgan fingerprint density at radius 3 is 2.42 bits per heavy atom. The fourth-order valence-electron chi connectivity index (χ4n) is 3.15. The van der Waals surface area contributed by atoms with Crippen LogP contribution in [0.15, 0.2) is 36.5 Å². The third-order valence-electron chi connectivity index (χ3n) is 4.48. The van der Waals surface area contributed by atoms with Crippen LogP contribution in [0.5, 0.6) is 0 Å². The van der Waals surface area contributed by atoms with E-state index >= 15 is 0 Å². The van der Waals surface area contributed by atoms with Crippen LogP contribution in [0.3, 0.4) is 0 Å². The molecular weight excluding hydrogens is 336 g/mol. The van der Waals surface area contributed by atoms with Gasteiger partial charge in [0.15, 0.2) is 0 Å². The summed E-state index contributed by atoms with van der Waals surface area (Å²) in [5, 5.41) is 16.5. The minimum Gasteiger partial charge on any atom is -0.480 e. The van der Waals surface area contributed by atoms with Gasteiger partial charge in [-0.25, -0.2) is 4.79 Å². The van der Waals surface area contributed by atoms with Gasteiger partial charge in [0.1, 0.15) is 6.04 Å². The van der Waals surface area contributed by atoms with E-state index in [4.69, 9.17) is 4.74 Å². The highest BCUT2D eigenvalue weighted by Gasteiger charge is 2.31. The van der Waals surface area contributed by atoms with Crippen molar-refractivity contribution in [2.45, 2.75) is 13.0 Å². The Labute approximate surface area is 151 Å². The lowest BCUT2D eigenvalue weighted by Gasteiger charge is -2.37. The Kier molecular flexibility index (Phi) is 5.52. The van der Waals surface area contributed by atoms with Crippen LogP contribution in [0, 0.1) is 0 Å². The van der Waals surface area contributed by atoms with Crippen LogP contribution in [-0.2, 0) is 9.53 Å². The van der Waals surface area contributed by atoms with Gasteiger partial charge < -0.3 is 14.7 Å². The van der Waals surface area contributed by atoms with Crippen LogP contribution < -0.4 is 0 Å². The summed E-state index contributed by atoms with van der Waals surface area (Å²) < 4.78 is 5.00. The zero-order valence-electron chi connectivity index (χ0n) is 14.6. The van der Waals surface area contributed by atoms with Crippen LogP contribution in [0.25, 0.3) is 11.3 Å². The van der Waals surface area contributed by atoms with Crippen molar-refractivity contribution in [1.29, 1.82) is 0 Å². The number of amides is 1. The summed E-state index contributed by atoms with van der Waals surface area (Å²) in [5.74, 6) is -0.899. The summed E-state index contributed by atoms with van der Waals surface area (Å²) in [5.41, 5.74) is 2.54. The van der Waals surface area contributed by atoms with Crippen molar-refractivity contribution >= 4 is 12.1 Å². The number of H-pyrrole nitrogens is 1. The molecule has 2 N–H and O–H groups in total. The summed E-state index contributed by atoms with van der Waals surface area (Å²) in [6.45, 7) is 3.97. The van der Waals surface area contributed by atoms with E-state index in [1.54, 1.807) is 18.0 Å². The number of ether oxygens (including phenoxy) is 1. The maximum absolute atomic E-state index is 11.9. The van der Waals surface area contributed by atoms with Gasteiger partial charge in [0.05, 0.1) is 12.3 Å². The van der Waals surface area contributed by atoms with E-state index in [0.29, 0.717) is 38.3 Å². The lowest BCUT2D eigenvalue weighted by atomic mass is 10.0. The van der Waals surface area contributed by atoms with Crippen molar-refractivity contribution in [3.8, 4) is 11.3 Å². The molecule has 0 spiro atoms. The molecule has 1 aromatic heterocycles. The van der Waals surface area contributed by atoms with E-state index in [1.807, 2.05) is 35.2 Å². The second kappa shape index (κ2) is 8.01. The summed E-state index contributed by atoms with van der Waals surface area (Å²) in [6, 6.07) is 8.54. The van der Waals surface area contributed by atoms with Gasteiger partial charge in [-0.15, -0.1) is 0 Å². The maximum atomic E-state index is 11.9. The largest absolute Gasteiger partial charge is 0.480 e. The number of hydrogen-bond donors (Lipinski definition) is 2. The van der Waals surface area contributed by atoms with Crippen LogP contribution >= 0.6 is 0 Å². The number of aliphatic carboxylic acids is 1. The fraction of sp³-hybridized carbons (Fsp3) is 0.389. The molecule has 0 radical (unpaired) electrons. The average Bonchev–Trinajstić information content (AvgIpc) is 3.18. The summed E-state index contributed by atoms with van der Waals surface area (Å²) in [6.07, 6.45) is 1.33. The number of hydrogen-bond acceptors (Lipinski definition) is 5. The van der Waals surface area contributed by atoms with E-state index in [2.05, 4.69) is 10.2 Å². The van der Waals surface area contributed by atoms with Gasteiger partial charge in [-0.1, -0.05) is 24.3 Å². The van der Waals surface area contributed by atoms with Gasteiger partial charge in [-0.05, 0) is 24.1 Å². The van der Waals surface area contributed by atoms with Crippen molar-refractivity contribution in [3.05, 3.63) is 42.1 Å². The standard InChI is InChI=1S/C18H22N4O4/c1-2-26-18(25)22-11-9-21(10-12-22)16(17(23)24)14-5-3-13(4-6-14)15-7-8-19-20-15/h3-8,16H,2,9-12H2,1H3,(H,19,20)(H,23,24)/t16-/m1/s1. The average molecular weight is 358 g/mol. The molecule has 1 aromatic carbocycles. The molecule has 138 valence electrons. The maximum Gasteiger partial charge on any atom is 0.409 e. The van der Waals surface area contributed by atoms with E-state index in [1.165, 1.54) is 0 Å². The highest BCUT2D eigenvalue weighted by molar-refractivity contribution is 5.76. The zero-order valence-corrected chi connectivity index (χ0v) is 14.6. The second-order valence-corrected chi connectivity index (χ2v) is 6.06. The predicted molar refractivity (Wildman–Crippen MR) is 94.6 cm³/mol. The number of aromatic nitrogens is 2. The Morgan fingerprint density at radius 1 is 1.19 bits per heavy atom. The molecule has 3 rings (SSSR count). The third-order valence-corrected chi connectivity index (χ3v) is 4.48. The van der Waals surface area contributed by atoms with E-state index in [0.717, 1.165) is 11.3 Å². The number of carbonyl (C=O) groups is 2. The number of rotatable bonds is 5. The number of aromatic amines is 1. The molecule has 0 saturated carbocycles. The third kappa shape index (κ3) is 3.85. The second-order valence-electron chi connectivity index (χ2n) is 6.06. The molecule has 1 aliphatic rings. The van der Waals surface area contributed by atoms with Crippen LogP contribution in [-0.4, -0.2) is 70.0 Å². The molecule has 0 aliphatic carbocycles. The summed E-state index contributed by atoms with van der Waals surface area (Å²) in [7, 11) is 0. The van der Waals surface area contributed by atoms with Crippen molar-refractivity contribution in [2.24, 2.45) is 0 Å². The number of nitrogens with one attached hydrogen (secondary N) is 1. The molecule has 0 unspecified atom stereocenters. The Hall–Kier alpha value is -2.87. The normalized spacial score (nSPS) is 16.3. The first kappa shape index (κ1) is 17.9. The molecule has 1 fully saturated rings. The first-order valence-electron chi connectivity index (χ1n) is 8.58. The molecule has 2 heterocycles. The molecule has 0 bridgehead atoms. The highest BCUT2D eigenvalue weighted by Crippen LogP contribution is 2.25. The van der Waals surface area contributed by atoms with Crippen LogP contribution in [0.2, 0.25) is 0 Å². The molecule has 8 nitrogen and oxygen atoms in total. The Balaban J connectivity index is 1.70. The minimum absolute atomic E-state index is 0.333. The first-order chi connectivity index (χ1) is 12.6. The highest BCUT2D eigenvalue weighted by atomic mass is 16.6. The molecule has 8 heteroatoms. The van der Waals surface area contributed by atoms with Crippen molar-refractivity contribution in [1.82, 2.24) is 20.0 Å². The van der Waals surface area contributed by atoms with Gasteiger partial charge in [-0.3, -0.25) is 14.8 Å². The summed E-state index contributed by atoms with van der Waals surface area (Å²) >= 11 is 0. The quantitative estimate of drug-likeness (QED) is 0.848. The number of benzene rings is 1. The zero-order chi connectivity index (χ0) is 18.5. The number of nitrogens with zero attached hydrogens (tertiary/aromatic N) is 3. The summed E-state index contributed by atoms with van der Waals surface area (Å²) in [4.78, 5) is 27.1. The van der Waals surface area contributed by atoms with Gasteiger partial charge in [0, 0.05) is 32.4 Å². The topological polar surface area (TPSA) is 98.8 Å². The molecular formula is C18H22N4O4. The smallest absolute Gasteiger partial charge is 0.409 e. The van der Waals surface area contributed by atoms with E-state index in [9.17, 15) is 14.7 Å². The molecule has 1 atom stereocenters. The molecule has 2 aromatic rings. The SMILES string of the molecule is CCOC(=O)N1CCN([C@@H](C(=O)O)c2ccc(-c3ccn[nH]3)cc2)CC1. The van der Waals surface area contributed by atoms with Gasteiger partial charge in [-0.2, -0.15) is 5.10 Å². The van der Waals surface area contributed by atoms with Crippen molar-refractivity contribution < 1.29 is 19.4 Å². The number of carboxylic acids is 1. The Morgan fingerprint density at radius 2 is 1.88 bits per heavy atom. The molecule has 1 aliphatic heterocycles. The lowest BCUT2D eigenvalue weighted by molar-refractivity contribution is -0.144. The monoisotopic (exact) mass is 358 g/mol. The fourth-order valence-corrected chi connectivity index (χ4v) is 3.15. The van der Waals surface area contributed by atoms with Crippen molar-refractivity contribution in [3.63, 3.8) is 0 Å². The van der Waals surface area contributed by atoms with E-state index in [-0.39, 0.29) is 6.09 Å². The number of carbonyl (C=O) groups excluding carboxylic acids is 1. The van der Waals surface area contributed by atoms with Gasteiger partial charge in [0.25, 0.3) is 0 Å². The number of carboxylic acid groups (broad SMARTS) is 1. The predicted octanol–water partition coefficient (Wildman–Crippen LogP) is 1.98. The van der Waals surface area contributed by atoms with Crippen LogP contribution in [0.4, 0.5) is 4.79 Å². The lowest BCUT2D eigenvalue weighted by Crippen LogP contribution is -2.51. The van der Waals surface area contributed by atoms with Crippen LogP contribution in [0.1, 0.15) is 18.5 Å². The molecule has 1 saturated heterocycles. The van der Waals surface area contributed by atoms with E-state index < -0.39 is 12.0 Å². The van der Waals surface area contributed by atoms with Gasteiger partial charge >= 0.3 is 12.1 Å². The van der Waals surface area contributed by atoms with Gasteiger partial charge in [0.2, 0.25) is 0 Å². The molecule has 26 heavy (non-hydrogen) atoms. The Bertz CT molecular complexity index is 737. The number of piperazine rings is 1. The van der Waals surface area contributed by atoms with Crippen molar-refractivity contribution in [2.75, 3.05) is 32.8 Å². The minimum atomic E-state index is -0.899. The molecule has 1 amide bonds. The first-order valence-corrected chi connectivity index (χ1v) is 8.58.